The van der Waals surface area contributed by atoms with Gasteiger partial charge >= 0.3 is 0 Å². The second kappa shape index (κ2) is 8.76. The van der Waals surface area contributed by atoms with E-state index in [0.717, 1.165) is 26.7 Å². The molecule has 1 nitrogen and oxygen atoms in total. The van der Waals surface area contributed by atoms with Gasteiger partial charge in [-0.15, -0.1) is 0 Å². The fourth-order valence-electron chi connectivity index (χ4n) is 3.10. The molecule has 0 unspecified atom stereocenters. The van der Waals surface area contributed by atoms with Gasteiger partial charge in [-0.3, -0.25) is 0 Å². The Labute approximate surface area is 182 Å². The molecule has 0 saturated carbocycles. The predicted molar refractivity (Wildman–Crippen MR) is 126 cm³/mol. The van der Waals surface area contributed by atoms with Crippen LogP contribution in [0.2, 0.25) is 0 Å². The third-order valence-electron chi connectivity index (χ3n) is 4.63. The molecule has 4 aromatic rings. The van der Waals surface area contributed by atoms with E-state index in [-0.39, 0.29) is 0 Å². The van der Waals surface area contributed by atoms with Gasteiger partial charge in [0.15, 0.2) is 0 Å². The van der Waals surface area contributed by atoms with Gasteiger partial charge in [-0.2, -0.15) is 0 Å². The highest BCUT2D eigenvalue weighted by Gasteiger charge is 2.01. The summed E-state index contributed by atoms with van der Waals surface area (Å²) < 4.78 is 2.20. The number of nitrogens with one attached hydrogen (secondary N) is 1. The van der Waals surface area contributed by atoms with Gasteiger partial charge in [-0.1, -0.05) is 80.4 Å². The minimum absolute atomic E-state index is 0.948. The fourth-order valence-corrected chi connectivity index (χ4v) is 3.63. The number of anilines is 2. The van der Waals surface area contributed by atoms with Crippen LogP contribution in [0.1, 0.15) is 11.1 Å². The summed E-state index contributed by atoms with van der Waals surface area (Å²) in [6, 6.07) is 34.1. The van der Waals surface area contributed by atoms with Gasteiger partial charge in [0.25, 0.3) is 0 Å². The molecule has 0 amide bonds. The topological polar surface area (TPSA) is 12.0 Å². The Hall–Kier alpha value is -2.36. The Morgan fingerprint density at radius 1 is 0.464 bits per heavy atom. The summed E-state index contributed by atoms with van der Waals surface area (Å²) in [5.74, 6) is 0. The molecule has 0 saturated heterocycles. The van der Waals surface area contributed by atoms with Crippen LogP contribution in [-0.4, -0.2) is 0 Å². The van der Waals surface area contributed by atoms with E-state index < -0.39 is 0 Å². The van der Waals surface area contributed by atoms with Crippen molar-refractivity contribution in [2.45, 2.75) is 6.42 Å². The van der Waals surface area contributed by atoms with Gasteiger partial charge in [0.2, 0.25) is 0 Å². The third-order valence-corrected chi connectivity index (χ3v) is 5.68. The Bertz CT molecular complexity index is 947. The summed E-state index contributed by atoms with van der Waals surface area (Å²) in [7, 11) is 0. The molecular weight excluding hydrogens is 474 g/mol. The first-order valence-corrected chi connectivity index (χ1v) is 10.7. The maximum atomic E-state index is 3.49. The molecule has 0 aromatic heterocycles. The van der Waals surface area contributed by atoms with E-state index in [9.17, 15) is 0 Å². The van der Waals surface area contributed by atoms with E-state index in [0.29, 0.717) is 0 Å². The summed E-state index contributed by atoms with van der Waals surface area (Å²) in [5.41, 5.74) is 7.25. The molecule has 0 heterocycles. The Morgan fingerprint density at radius 3 is 1.32 bits per heavy atom. The average molecular weight is 493 g/mol. The van der Waals surface area contributed by atoms with Gasteiger partial charge in [0, 0.05) is 20.3 Å². The number of benzene rings is 4. The van der Waals surface area contributed by atoms with E-state index in [2.05, 4.69) is 122 Å². The fraction of sp³-hybridized carbons (Fsp3) is 0.0400. The minimum atomic E-state index is 0.948. The molecule has 0 aliphatic heterocycles. The van der Waals surface area contributed by atoms with Crippen LogP contribution in [-0.2, 0) is 6.42 Å². The number of hydrogen-bond donors (Lipinski definition) is 1. The number of hydrogen-bond acceptors (Lipinski definition) is 1. The lowest BCUT2D eigenvalue weighted by atomic mass is 10.0. The van der Waals surface area contributed by atoms with Gasteiger partial charge in [0.05, 0.1) is 0 Å². The van der Waals surface area contributed by atoms with Gasteiger partial charge < -0.3 is 5.32 Å². The quantitative estimate of drug-likeness (QED) is 0.296. The Morgan fingerprint density at radius 2 is 0.821 bits per heavy atom. The monoisotopic (exact) mass is 491 g/mol. The van der Waals surface area contributed by atoms with Crippen LogP contribution in [0.4, 0.5) is 11.4 Å². The SMILES string of the molecule is Brc1ccc(Cc2ccc(-c3ccc(Nc4ccc(Br)cc4)cc3)cc2)cc1. The standard InChI is InChI=1S/C25H19Br2N/c26-22-9-3-19(4-10-22)17-18-1-5-20(6-2-18)21-7-13-24(14-8-21)28-25-15-11-23(27)12-16-25/h1-16,28H,17H2. The molecule has 4 rings (SSSR count). The van der Waals surface area contributed by atoms with Crippen molar-refractivity contribution >= 4 is 43.2 Å². The Kier molecular flexibility index (Phi) is 5.94. The van der Waals surface area contributed by atoms with Crippen molar-refractivity contribution in [2.24, 2.45) is 0 Å². The molecule has 28 heavy (non-hydrogen) atoms. The zero-order chi connectivity index (χ0) is 19.3. The van der Waals surface area contributed by atoms with E-state index in [4.69, 9.17) is 0 Å². The van der Waals surface area contributed by atoms with Gasteiger partial charge in [-0.25, -0.2) is 0 Å². The van der Waals surface area contributed by atoms with Crippen molar-refractivity contribution in [2.75, 3.05) is 5.32 Å². The largest absolute Gasteiger partial charge is 0.356 e. The first-order chi connectivity index (χ1) is 13.7. The first-order valence-electron chi connectivity index (χ1n) is 9.12. The summed E-state index contributed by atoms with van der Waals surface area (Å²) in [5, 5.41) is 3.43. The minimum Gasteiger partial charge on any atom is -0.356 e. The molecule has 0 aliphatic rings. The van der Waals surface area contributed by atoms with Crippen molar-refractivity contribution in [1.29, 1.82) is 0 Å². The van der Waals surface area contributed by atoms with Crippen LogP contribution >= 0.6 is 31.9 Å². The van der Waals surface area contributed by atoms with E-state index in [1.807, 2.05) is 12.1 Å². The number of halogens is 2. The van der Waals surface area contributed by atoms with Gasteiger partial charge in [-0.05, 0) is 77.2 Å². The van der Waals surface area contributed by atoms with Crippen LogP contribution in [0.5, 0.6) is 0 Å². The van der Waals surface area contributed by atoms with Crippen molar-refractivity contribution in [3.8, 4) is 11.1 Å². The lowest BCUT2D eigenvalue weighted by Crippen LogP contribution is -1.90. The second-order valence-corrected chi connectivity index (χ2v) is 8.54. The van der Waals surface area contributed by atoms with Crippen LogP contribution in [0.25, 0.3) is 11.1 Å². The maximum Gasteiger partial charge on any atom is 0.0384 e. The van der Waals surface area contributed by atoms with E-state index in [1.54, 1.807) is 0 Å². The maximum absolute atomic E-state index is 3.49. The average Bonchev–Trinajstić information content (AvgIpc) is 2.73. The van der Waals surface area contributed by atoms with Crippen LogP contribution in [0.15, 0.2) is 106 Å². The van der Waals surface area contributed by atoms with Crippen LogP contribution < -0.4 is 5.32 Å². The third kappa shape index (κ3) is 4.92. The highest BCUT2D eigenvalue weighted by atomic mass is 79.9. The van der Waals surface area contributed by atoms with E-state index in [1.165, 1.54) is 22.3 Å². The highest BCUT2D eigenvalue weighted by Crippen LogP contribution is 2.25. The Balaban J connectivity index is 1.43. The first kappa shape index (κ1) is 19.0. The lowest BCUT2D eigenvalue weighted by Gasteiger charge is -2.09. The molecule has 0 bridgehead atoms. The molecule has 3 heteroatoms. The molecule has 0 spiro atoms. The zero-order valence-electron chi connectivity index (χ0n) is 15.2. The molecule has 138 valence electrons. The molecular formula is C25H19Br2N. The number of rotatable bonds is 5. The molecule has 4 aromatic carbocycles. The van der Waals surface area contributed by atoms with Crippen LogP contribution in [0.3, 0.4) is 0 Å². The highest BCUT2D eigenvalue weighted by molar-refractivity contribution is 9.10. The molecule has 0 fully saturated rings. The van der Waals surface area contributed by atoms with Crippen molar-refractivity contribution < 1.29 is 0 Å². The van der Waals surface area contributed by atoms with Crippen molar-refractivity contribution in [3.05, 3.63) is 117 Å². The van der Waals surface area contributed by atoms with Crippen LogP contribution in [0, 0.1) is 0 Å². The van der Waals surface area contributed by atoms with E-state index >= 15 is 0 Å². The molecule has 1 N–H and O–H groups in total. The summed E-state index contributed by atoms with van der Waals surface area (Å²) in [4.78, 5) is 0. The van der Waals surface area contributed by atoms with Gasteiger partial charge in [0.1, 0.15) is 0 Å². The van der Waals surface area contributed by atoms with Crippen molar-refractivity contribution in [1.82, 2.24) is 0 Å². The summed E-state index contributed by atoms with van der Waals surface area (Å²) >= 11 is 6.95. The smallest absolute Gasteiger partial charge is 0.0384 e. The normalized spacial score (nSPS) is 10.6. The predicted octanol–water partition coefficient (Wildman–Crippen LogP) is 8.21. The van der Waals surface area contributed by atoms with Crippen molar-refractivity contribution in [3.63, 3.8) is 0 Å². The molecule has 0 radical (unpaired) electrons. The second-order valence-electron chi connectivity index (χ2n) is 6.71. The summed E-state index contributed by atoms with van der Waals surface area (Å²) in [6.07, 6.45) is 0.948. The summed E-state index contributed by atoms with van der Waals surface area (Å²) in [6.45, 7) is 0. The molecule has 0 aliphatic carbocycles. The molecule has 0 atom stereocenters. The zero-order valence-corrected chi connectivity index (χ0v) is 18.4. The lowest BCUT2D eigenvalue weighted by molar-refractivity contribution is 1.19.